The second-order valence-electron chi connectivity index (χ2n) is 3.26. The van der Waals surface area contributed by atoms with Crippen LogP contribution in [0.2, 0.25) is 5.02 Å². The van der Waals surface area contributed by atoms with E-state index in [-0.39, 0.29) is 0 Å². The van der Waals surface area contributed by atoms with E-state index in [0.717, 1.165) is 9.26 Å². The Morgan fingerprint density at radius 3 is 2.88 bits per heavy atom. The predicted octanol–water partition coefficient (Wildman–Crippen LogP) is 2.92. The molecule has 17 heavy (non-hydrogen) atoms. The minimum absolute atomic E-state index is 0.331. The molecule has 0 aliphatic rings. The molecule has 0 aliphatic heterocycles. The minimum atomic E-state index is -0.460. The summed E-state index contributed by atoms with van der Waals surface area (Å²) in [6.07, 6.45) is 3.58. The summed E-state index contributed by atoms with van der Waals surface area (Å²) < 4.78 is 7.34. The van der Waals surface area contributed by atoms with Crippen molar-refractivity contribution in [1.82, 2.24) is 9.78 Å². The summed E-state index contributed by atoms with van der Waals surface area (Å²) in [7, 11) is 1.32. The molecule has 0 amide bonds. The van der Waals surface area contributed by atoms with Crippen LogP contribution in [0, 0.1) is 3.57 Å². The Morgan fingerprint density at radius 2 is 2.29 bits per heavy atom. The van der Waals surface area contributed by atoms with E-state index in [1.165, 1.54) is 7.11 Å². The zero-order valence-electron chi connectivity index (χ0n) is 8.85. The number of ether oxygens (including phenoxy) is 1. The van der Waals surface area contributed by atoms with Crippen LogP contribution in [-0.2, 0) is 4.74 Å². The van der Waals surface area contributed by atoms with Crippen LogP contribution in [0.3, 0.4) is 0 Å². The molecule has 0 saturated heterocycles. The van der Waals surface area contributed by atoms with E-state index in [0.29, 0.717) is 10.6 Å². The van der Waals surface area contributed by atoms with Gasteiger partial charge in [0.2, 0.25) is 0 Å². The number of carbonyl (C=O) groups is 1. The molecule has 6 heteroatoms. The van der Waals surface area contributed by atoms with Crippen LogP contribution < -0.4 is 0 Å². The standard InChI is InChI=1S/C11H8ClIN2O2/c1-17-11(16)9-4-8(2-3-10(9)12)15-6-7(13)5-14-15/h2-6H,1H3. The Balaban J connectivity index is 2.47. The van der Waals surface area contributed by atoms with Gasteiger partial charge in [-0.3, -0.25) is 0 Å². The summed E-state index contributed by atoms with van der Waals surface area (Å²) in [5.41, 5.74) is 1.09. The molecule has 2 aromatic rings. The number of aromatic nitrogens is 2. The van der Waals surface area contributed by atoms with Crippen molar-refractivity contribution < 1.29 is 9.53 Å². The number of nitrogens with zero attached hydrogens (tertiary/aromatic N) is 2. The van der Waals surface area contributed by atoms with Crippen LogP contribution in [0.1, 0.15) is 10.4 Å². The second-order valence-corrected chi connectivity index (χ2v) is 4.91. The van der Waals surface area contributed by atoms with E-state index in [1.807, 2.05) is 6.20 Å². The molecule has 0 bridgehead atoms. The van der Waals surface area contributed by atoms with Crippen molar-refractivity contribution in [3.63, 3.8) is 0 Å². The Labute approximate surface area is 117 Å². The first-order valence-corrected chi connectivity index (χ1v) is 6.16. The Bertz CT molecular complexity index is 568. The Hall–Kier alpha value is -1.08. The molecule has 0 radical (unpaired) electrons. The van der Waals surface area contributed by atoms with Gasteiger partial charge in [0.1, 0.15) is 0 Å². The second kappa shape index (κ2) is 5.05. The highest BCUT2D eigenvalue weighted by Crippen LogP contribution is 2.20. The average molecular weight is 363 g/mol. The van der Waals surface area contributed by atoms with Gasteiger partial charge < -0.3 is 4.74 Å². The highest BCUT2D eigenvalue weighted by molar-refractivity contribution is 14.1. The largest absolute Gasteiger partial charge is 0.465 e. The first-order chi connectivity index (χ1) is 8.11. The molecule has 0 aliphatic carbocycles. The SMILES string of the molecule is COC(=O)c1cc(-n2cc(I)cn2)ccc1Cl. The Morgan fingerprint density at radius 1 is 1.53 bits per heavy atom. The van der Waals surface area contributed by atoms with Crippen LogP contribution in [0.5, 0.6) is 0 Å². The zero-order valence-corrected chi connectivity index (χ0v) is 11.8. The van der Waals surface area contributed by atoms with Gasteiger partial charge in [-0.1, -0.05) is 11.6 Å². The predicted molar refractivity (Wildman–Crippen MR) is 72.6 cm³/mol. The lowest BCUT2D eigenvalue weighted by Crippen LogP contribution is -2.04. The molecular weight excluding hydrogens is 354 g/mol. The van der Waals surface area contributed by atoms with Gasteiger partial charge in [0, 0.05) is 6.20 Å². The molecule has 1 aromatic heterocycles. The van der Waals surface area contributed by atoms with Gasteiger partial charge in [0.05, 0.1) is 33.2 Å². The molecule has 0 spiro atoms. The zero-order chi connectivity index (χ0) is 12.4. The molecule has 0 atom stereocenters. The normalized spacial score (nSPS) is 10.3. The summed E-state index contributed by atoms with van der Waals surface area (Å²) in [6, 6.07) is 5.09. The molecule has 0 unspecified atom stereocenters. The number of hydrogen-bond donors (Lipinski definition) is 0. The fraction of sp³-hybridized carbons (Fsp3) is 0.0909. The maximum absolute atomic E-state index is 11.5. The van der Waals surface area contributed by atoms with Crippen molar-refractivity contribution in [3.05, 3.63) is 44.7 Å². The molecule has 1 heterocycles. The van der Waals surface area contributed by atoms with E-state index in [9.17, 15) is 4.79 Å². The third-order valence-electron chi connectivity index (χ3n) is 2.17. The minimum Gasteiger partial charge on any atom is -0.465 e. The average Bonchev–Trinajstić information content (AvgIpc) is 2.75. The summed E-state index contributed by atoms with van der Waals surface area (Å²) in [6.45, 7) is 0. The molecule has 1 aromatic carbocycles. The summed E-state index contributed by atoms with van der Waals surface area (Å²) in [4.78, 5) is 11.5. The third kappa shape index (κ3) is 2.61. The van der Waals surface area contributed by atoms with E-state index < -0.39 is 5.97 Å². The molecular formula is C11H8ClIN2O2. The number of benzene rings is 1. The van der Waals surface area contributed by atoms with Gasteiger partial charge in [-0.25, -0.2) is 9.48 Å². The molecule has 0 fully saturated rings. The number of hydrogen-bond acceptors (Lipinski definition) is 3. The molecule has 2 rings (SSSR count). The van der Waals surface area contributed by atoms with Crippen LogP contribution in [-0.4, -0.2) is 22.9 Å². The van der Waals surface area contributed by atoms with Gasteiger partial charge in [-0.2, -0.15) is 5.10 Å². The first-order valence-electron chi connectivity index (χ1n) is 4.70. The fourth-order valence-corrected chi connectivity index (χ4v) is 1.95. The van der Waals surface area contributed by atoms with Gasteiger partial charge in [0.25, 0.3) is 0 Å². The van der Waals surface area contributed by atoms with Crippen molar-refractivity contribution in [3.8, 4) is 5.69 Å². The lowest BCUT2D eigenvalue weighted by Gasteiger charge is -2.06. The third-order valence-corrected chi connectivity index (χ3v) is 3.06. The van der Waals surface area contributed by atoms with Crippen LogP contribution in [0.25, 0.3) is 5.69 Å². The lowest BCUT2D eigenvalue weighted by atomic mass is 10.2. The monoisotopic (exact) mass is 362 g/mol. The number of rotatable bonds is 2. The number of carbonyl (C=O) groups excluding carboxylic acids is 1. The summed E-state index contributed by atoms with van der Waals surface area (Å²) in [5, 5.41) is 4.52. The van der Waals surface area contributed by atoms with Crippen LogP contribution in [0.15, 0.2) is 30.6 Å². The van der Waals surface area contributed by atoms with Crippen molar-refractivity contribution in [2.45, 2.75) is 0 Å². The van der Waals surface area contributed by atoms with Gasteiger partial charge in [-0.15, -0.1) is 0 Å². The number of esters is 1. The van der Waals surface area contributed by atoms with Gasteiger partial charge in [0.15, 0.2) is 0 Å². The van der Waals surface area contributed by atoms with E-state index in [1.54, 1.807) is 29.1 Å². The smallest absolute Gasteiger partial charge is 0.339 e. The quantitative estimate of drug-likeness (QED) is 0.609. The van der Waals surface area contributed by atoms with Gasteiger partial charge >= 0.3 is 5.97 Å². The van der Waals surface area contributed by atoms with Crippen molar-refractivity contribution in [2.24, 2.45) is 0 Å². The molecule has 0 saturated carbocycles. The number of halogens is 2. The lowest BCUT2D eigenvalue weighted by molar-refractivity contribution is 0.0601. The van der Waals surface area contributed by atoms with Crippen LogP contribution >= 0.6 is 34.2 Å². The van der Waals surface area contributed by atoms with Crippen molar-refractivity contribution in [1.29, 1.82) is 0 Å². The number of methoxy groups -OCH3 is 1. The molecule has 88 valence electrons. The van der Waals surface area contributed by atoms with E-state index in [2.05, 4.69) is 32.4 Å². The van der Waals surface area contributed by atoms with Crippen molar-refractivity contribution >= 4 is 40.2 Å². The highest BCUT2D eigenvalue weighted by Gasteiger charge is 2.12. The molecule has 4 nitrogen and oxygen atoms in total. The maximum Gasteiger partial charge on any atom is 0.339 e. The van der Waals surface area contributed by atoms with E-state index >= 15 is 0 Å². The summed E-state index contributed by atoms with van der Waals surface area (Å²) >= 11 is 8.09. The topological polar surface area (TPSA) is 44.1 Å². The maximum atomic E-state index is 11.5. The van der Waals surface area contributed by atoms with Crippen LogP contribution in [0.4, 0.5) is 0 Å². The molecule has 0 N–H and O–H groups in total. The Kier molecular flexibility index (Phi) is 3.68. The summed E-state index contributed by atoms with van der Waals surface area (Å²) in [5.74, 6) is -0.460. The fourth-order valence-electron chi connectivity index (χ4n) is 1.36. The van der Waals surface area contributed by atoms with E-state index in [4.69, 9.17) is 11.6 Å². The van der Waals surface area contributed by atoms with Crippen molar-refractivity contribution in [2.75, 3.05) is 7.11 Å². The first kappa shape index (κ1) is 12.4. The van der Waals surface area contributed by atoms with Gasteiger partial charge in [-0.05, 0) is 40.8 Å². The highest BCUT2D eigenvalue weighted by atomic mass is 127.